The maximum absolute atomic E-state index is 15.0. The van der Waals surface area contributed by atoms with Crippen LogP contribution in [-0.2, 0) is 5.54 Å². The average molecular weight is 481 g/mol. The number of nitrogens with two attached hydrogens (primary N) is 1. The Hall–Kier alpha value is -4.41. The van der Waals surface area contributed by atoms with E-state index in [-0.39, 0.29) is 22.9 Å². The van der Waals surface area contributed by atoms with Crippen molar-refractivity contribution in [2.75, 3.05) is 16.4 Å². The van der Waals surface area contributed by atoms with Crippen LogP contribution < -0.4 is 16.4 Å². The van der Waals surface area contributed by atoms with E-state index in [0.29, 0.717) is 23.0 Å². The number of benzene rings is 2. The SMILES string of the molecule is CC(C)(C)n1cc(-c2cc(NC(=O)Nc3ccc(F)cc3F)ccc2F)c(-c2ccnc(N)n2)n1. The number of nitrogens with one attached hydrogen (secondary N) is 2. The lowest BCUT2D eigenvalue weighted by Gasteiger charge is -2.18. The monoisotopic (exact) mass is 481 g/mol. The van der Waals surface area contributed by atoms with Crippen molar-refractivity contribution in [2.24, 2.45) is 0 Å². The van der Waals surface area contributed by atoms with E-state index in [4.69, 9.17) is 5.73 Å². The van der Waals surface area contributed by atoms with Crippen molar-refractivity contribution < 1.29 is 18.0 Å². The molecule has 2 aromatic carbocycles. The summed E-state index contributed by atoms with van der Waals surface area (Å²) in [6.07, 6.45) is 3.16. The number of carbonyl (C=O) groups excluding carboxylic acids is 1. The summed E-state index contributed by atoms with van der Waals surface area (Å²) in [7, 11) is 0. The molecule has 0 bridgehead atoms. The summed E-state index contributed by atoms with van der Waals surface area (Å²) >= 11 is 0. The third kappa shape index (κ3) is 5.24. The van der Waals surface area contributed by atoms with Gasteiger partial charge in [-0.3, -0.25) is 4.68 Å². The van der Waals surface area contributed by atoms with Crippen LogP contribution in [0.3, 0.4) is 0 Å². The number of nitrogens with zero attached hydrogens (tertiary/aromatic N) is 4. The van der Waals surface area contributed by atoms with Crippen LogP contribution in [0.25, 0.3) is 22.5 Å². The maximum Gasteiger partial charge on any atom is 0.323 e. The van der Waals surface area contributed by atoms with Gasteiger partial charge in [0.2, 0.25) is 5.95 Å². The fourth-order valence-corrected chi connectivity index (χ4v) is 3.29. The molecule has 0 atom stereocenters. The topological polar surface area (TPSA) is 111 Å². The number of hydrogen-bond acceptors (Lipinski definition) is 5. The lowest BCUT2D eigenvalue weighted by atomic mass is 10.0. The molecule has 4 aromatic rings. The molecule has 0 aliphatic carbocycles. The summed E-state index contributed by atoms with van der Waals surface area (Å²) < 4.78 is 43.6. The summed E-state index contributed by atoms with van der Waals surface area (Å²) in [6.45, 7) is 5.82. The lowest BCUT2D eigenvalue weighted by molar-refractivity contribution is 0.262. The fraction of sp³-hybridized carbons (Fsp3) is 0.167. The van der Waals surface area contributed by atoms with Gasteiger partial charge in [-0.1, -0.05) is 0 Å². The van der Waals surface area contributed by atoms with Crippen LogP contribution in [0.4, 0.5) is 35.3 Å². The molecule has 0 unspecified atom stereocenters. The van der Waals surface area contributed by atoms with Gasteiger partial charge in [-0.05, 0) is 57.2 Å². The second-order valence-electron chi connectivity index (χ2n) is 8.70. The molecular weight excluding hydrogens is 459 g/mol. The number of rotatable bonds is 4. The van der Waals surface area contributed by atoms with E-state index in [1.54, 1.807) is 16.9 Å². The minimum Gasteiger partial charge on any atom is -0.368 e. The molecule has 0 spiro atoms. The largest absolute Gasteiger partial charge is 0.368 e. The predicted molar refractivity (Wildman–Crippen MR) is 127 cm³/mol. The summed E-state index contributed by atoms with van der Waals surface area (Å²) in [5.41, 5.74) is 6.69. The van der Waals surface area contributed by atoms with Crippen molar-refractivity contribution in [2.45, 2.75) is 26.3 Å². The average Bonchev–Trinajstić information content (AvgIpc) is 3.23. The Balaban J connectivity index is 1.70. The van der Waals surface area contributed by atoms with Crippen LogP contribution in [0.15, 0.2) is 54.9 Å². The summed E-state index contributed by atoms with van der Waals surface area (Å²) in [6, 6.07) is 7.56. The number of carbonyl (C=O) groups is 1. The van der Waals surface area contributed by atoms with E-state index in [0.717, 1.165) is 12.1 Å². The van der Waals surface area contributed by atoms with Crippen molar-refractivity contribution in [1.29, 1.82) is 0 Å². The van der Waals surface area contributed by atoms with E-state index in [2.05, 4.69) is 25.7 Å². The minimum absolute atomic E-state index is 0.0411. The van der Waals surface area contributed by atoms with Gasteiger partial charge < -0.3 is 16.4 Å². The van der Waals surface area contributed by atoms with Gasteiger partial charge in [0.1, 0.15) is 23.1 Å². The van der Waals surface area contributed by atoms with Crippen LogP contribution in [0.2, 0.25) is 0 Å². The number of hydrogen-bond donors (Lipinski definition) is 3. The molecule has 4 rings (SSSR count). The van der Waals surface area contributed by atoms with Crippen LogP contribution in [0, 0.1) is 17.5 Å². The Bertz CT molecular complexity index is 1410. The molecule has 8 nitrogen and oxygen atoms in total. The van der Waals surface area contributed by atoms with Gasteiger partial charge in [-0.2, -0.15) is 5.10 Å². The predicted octanol–water partition coefficient (Wildman–Crippen LogP) is 5.41. The molecule has 2 aromatic heterocycles. The maximum atomic E-state index is 15.0. The molecule has 0 saturated carbocycles. The molecule has 0 radical (unpaired) electrons. The summed E-state index contributed by atoms with van der Waals surface area (Å²) in [5, 5.41) is 9.43. The zero-order chi connectivity index (χ0) is 25.3. The zero-order valence-corrected chi connectivity index (χ0v) is 19.1. The van der Waals surface area contributed by atoms with Crippen LogP contribution >= 0.6 is 0 Å². The van der Waals surface area contributed by atoms with Gasteiger partial charge in [-0.15, -0.1) is 0 Å². The smallest absolute Gasteiger partial charge is 0.323 e. The van der Waals surface area contributed by atoms with E-state index in [9.17, 15) is 13.6 Å². The van der Waals surface area contributed by atoms with E-state index in [1.165, 1.54) is 24.4 Å². The van der Waals surface area contributed by atoms with Gasteiger partial charge >= 0.3 is 6.03 Å². The number of nitrogen functional groups attached to an aromatic ring is 1. The third-order valence-corrected chi connectivity index (χ3v) is 5.01. The van der Waals surface area contributed by atoms with Crippen molar-refractivity contribution >= 4 is 23.4 Å². The van der Waals surface area contributed by atoms with Crippen molar-refractivity contribution in [3.63, 3.8) is 0 Å². The zero-order valence-electron chi connectivity index (χ0n) is 19.1. The van der Waals surface area contributed by atoms with Crippen molar-refractivity contribution in [3.05, 3.63) is 72.3 Å². The molecule has 180 valence electrons. The molecule has 35 heavy (non-hydrogen) atoms. The molecular formula is C24H22F3N7O. The Morgan fingerprint density at radius 2 is 1.74 bits per heavy atom. The molecule has 0 saturated heterocycles. The Morgan fingerprint density at radius 1 is 0.971 bits per heavy atom. The highest BCUT2D eigenvalue weighted by Crippen LogP contribution is 2.35. The first-order valence-corrected chi connectivity index (χ1v) is 10.5. The molecule has 2 heterocycles. The molecule has 0 aliphatic rings. The van der Waals surface area contributed by atoms with Gasteiger partial charge in [-0.25, -0.2) is 27.9 Å². The lowest BCUT2D eigenvalue weighted by Crippen LogP contribution is -2.22. The molecule has 0 aliphatic heterocycles. The first-order chi connectivity index (χ1) is 16.5. The third-order valence-electron chi connectivity index (χ3n) is 5.01. The fourth-order valence-electron chi connectivity index (χ4n) is 3.29. The molecule has 0 fully saturated rings. The van der Waals surface area contributed by atoms with E-state index in [1.807, 2.05) is 20.8 Å². The van der Waals surface area contributed by atoms with Crippen LogP contribution in [0.1, 0.15) is 20.8 Å². The van der Waals surface area contributed by atoms with Gasteiger partial charge in [0.05, 0.1) is 16.9 Å². The van der Waals surface area contributed by atoms with E-state index < -0.39 is 29.0 Å². The minimum atomic E-state index is -0.927. The first-order valence-electron chi connectivity index (χ1n) is 10.5. The van der Waals surface area contributed by atoms with Crippen molar-refractivity contribution in [1.82, 2.24) is 19.7 Å². The first kappa shape index (κ1) is 23.7. The Morgan fingerprint density at radius 3 is 2.43 bits per heavy atom. The van der Waals surface area contributed by atoms with Crippen LogP contribution in [-0.4, -0.2) is 25.8 Å². The summed E-state index contributed by atoms with van der Waals surface area (Å²) in [4.78, 5) is 20.5. The summed E-state index contributed by atoms with van der Waals surface area (Å²) in [5.74, 6) is -2.21. The molecule has 2 amide bonds. The molecule has 11 heteroatoms. The Kier molecular flexibility index (Phi) is 6.16. The van der Waals surface area contributed by atoms with Gasteiger partial charge in [0.15, 0.2) is 0 Å². The highest BCUT2D eigenvalue weighted by atomic mass is 19.1. The standard InChI is InChI=1S/C24H22F3N7O/c1-24(2,3)34-12-16(21(33-34)20-8-9-29-22(28)31-20)15-11-14(5-6-17(15)26)30-23(35)32-19-7-4-13(25)10-18(19)27/h4-12H,1-3H3,(H2,28,29,31)(H2,30,32,35). The number of urea groups is 1. The van der Waals surface area contributed by atoms with Crippen molar-refractivity contribution in [3.8, 4) is 22.5 Å². The number of anilines is 3. The molecule has 4 N–H and O–H groups in total. The van der Waals surface area contributed by atoms with Gasteiger partial charge in [0.25, 0.3) is 0 Å². The van der Waals surface area contributed by atoms with E-state index >= 15 is 4.39 Å². The highest BCUT2D eigenvalue weighted by molar-refractivity contribution is 6.00. The normalized spacial score (nSPS) is 11.4. The number of amides is 2. The second-order valence-corrected chi connectivity index (χ2v) is 8.70. The highest BCUT2D eigenvalue weighted by Gasteiger charge is 2.23. The second kappa shape index (κ2) is 9.09. The van der Waals surface area contributed by atoms with Crippen LogP contribution in [0.5, 0.6) is 0 Å². The number of aromatic nitrogens is 4. The number of halogens is 3. The van der Waals surface area contributed by atoms with Gasteiger partial charge in [0, 0.05) is 35.3 Å². The Labute approximate surface area is 199 Å². The quantitative estimate of drug-likeness (QED) is 0.361.